The summed E-state index contributed by atoms with van der Waals surface area (Å²) in [6.07, 6.45) is 3.86. The quantitative estimate of drug-likeness (QED) is 0.545. The van der Waals surface area contributed by atoms with Crippen molar-refractivity contribution in [1.29, 1.82) is 0 Å². The molecule has 0 bridgehead atoms. The zero-order valence-electron chi connectivity index (χ0n) is 7.42. The molecule has 3 rings (SSSR count). The van der Waals surface area contributed by atoms with Gasteiger partial charge in [0.05, 0.1) is 6.21 Å². The van der Waals surface area contributed by atoms with E-state index in [1.807, 2.05) is 29.2 Å². The molecule has 0 fully saturated rings. The maximum absolute atomic E-state index is 4.36. The van der Waals surface area contributed by atoms with Gasteiger partial charge >= 0.3 is 0 Å². The summed E-state index contributed by atoms with van der Waals surface area (Å²) in [5, 5.41) is 5.52. The predicted octanol–water partition coefficient (Wildman–Crippen LogP) is 2.83. The second kappa shape index (κ2) is 3.03. The van der Waals surface area contributed by atoms with Gasteiger partial charge in [-0.1, -0.05) is 30.0 Å². The molecule has 0 amide bonds. The molecular formula is C11H8N2S. The van der Waals surface area contributed by atoms with Crippen LogP contribution in [-0.2, 0) is 0 Å². The monoisotopic (exact) mass is 200 g/mol. The molecule has 0 saturated heterocycles. The molecule has 1 aliphatic rings. The summed E-state index contributed by atoms with van der Waals surface area (Å²) in [5.74, 6) is 0. The maximum Gasteiger partial charge on any atom is 0.102 e. The fourth-order valence-corrected chi connectivity index (χ4v) is 2.41. The number of fused-ring (bicyclic) bond motifs is 2. The highest BCUT2D eigenvalue weighted by Crippen LogP contribution is 2.31. The van der Waals surface area contributed by atoms with Gasteiger partial charge in [-0.05, 0) is 18.2 Å². The summed E-state index contributed by atoms with van der Waals surface area (Å²) in [6.45, 7) is 0. The predicted molar refractivity (Wildman–Crippen MR) is 58.0 cm³/mol. The van der Waals surface area contributed by atoms with Crippen LogP contribution >= 0.6 is 11.8 Å². The number of hydrogen-bond acceptors (Lipinski definition) is 2. The lowest BCUT2D eigenvalue weighted by Gasteiger charge is -2.00. The first kappa shape index (κ1) is 7.88. The van der Waals surface area contributed by atoms with Gasteiger partial charge in [-0.15, -0.1) is 0 Å². The van der Waals surface area contributed by atoms with Gasteiger partial charge in [0.25, 0.3) is 0 Å². The average molecular weight is 200 g/mol. The van der Waals surface area contributed by atoms with Crippen LogP contribution in [0.1, 0.15) is 5.56 Å². The molecule has 1 aromatic carbocycles. The Bertz CT molecular complexity index is 499. The molecule has 0 unspecified atom stereocenters. The summed E-state index contributed by atoms with van der Waals surface area (Å²) in [7, 11) is 0. The number of aromatic nitrogens is 1. The van der Waals surface area contributed by atoms with Crippen LogP contribution in [0, 0.1) is 0 Å². The second-order valence-electron chi connectivity index (χ2n) is 3.08. The van der Waals surface area contributed by atoms with Gasteiger partial charge in [0.1, 0.15) is 5.03 Å². The Morgan fingerprint density at radius 2 is 2.00 bits per heavy atom. The van der Waals surface area contributed by atoms with Gasteiger partial charge in [-0.2, -0.15) is 5.10 Å². The van der Waals surface area contributed by atoms with E-state index in [0.29, 0.717) is 0 Å². The van der Waals surface area contributed by atoms with E-state index in [-0.39, 0.29) is 0 Å². The largest absolute Gasteiger partial charge is 0.234 e. The van der Waals surface area contributed by atoms with Crippen molar-refractivity contribution in [3.63, 3.8) is 0 Å². The molecule has 0 aliphatic carbocycles. The van der Waals surface area contributed by atoms with Gasteiger partial charge < -0.3 is 0 Å². The first-order chi connectivity index (χ1) is 6.93. The molecule has 0 spiro atoms. The van der Waals surface area contributed by atoms with Crippen molar-refractivity contribution < 1.29 is 0 Å². The van der Waals surface area contributed by atoms with Crippen LogP contribution in [0.25, 0.3) is 0 Å². The summed E-state index contributed by atoms with van der Waals surface area (Å²) in [6, 6.07) is 12.4. The zero-order valence-corrected chi connectivity index (χ0v) is 8.24. The summed E-state index contributed by atoms with van der Waals surface area (Å²) in [4.78, 5) is 1.26. The van der Waals surface area contributed by atoms with E-state index in [1.165, 1.54) is 10.5 Å². The molecule has 3 heteroatoms. The van der Waals surface area contributed by atoms with Crippen LogP contribution in [0.3, 0.4) is 0 Å². The molecule has 2 heterocycles. The van der Waals surface area contributed by atoms with Crippen LogP contribution in [0.2, 0.25) is 0 Å². The fourth-order valence-electron chi connectivity index (χ4n) is 1.45. The Hall–Kier alpha value is -1.48. The lowest BCUT2D eigenvalue weighted by Crippen LogP contribution is -1.85. The van der Waals surface area contributed by atoms with E-state index in [0.717, 1.165) is 5.03 Å². The Morgan fingerprint density at radius 3 is 3.00 bits per heavy atom. The standard InChI is InChI=1S/C11H8N2S/c1-2-5-10-9(4-1)8-12-13-7-3-6-11(13)14-10/h1-8H. The molecule has 0 atom stereocenters. The first-order valence-corrected chi connectivity index (χ1v) is 5.24. The molecule has 2 nitrogen and oxygen atoms in total. The SMILES string of the molecule is C1=Nn2cccc2Sc2ccccc21. The van der Waals surface area contributed by atoms with Gasteiger partial charge in [-0.3, -0.25) is 0 Å². The molecule has 1 aromatic heterocycles. The number of rotatable bonds is 0. The highest BCUT2D eigenvalue weighted by Gasteiger charge is 2.08. The fraction of sp³-hybridized carbons (Fsp3) is 0. The van der Waals surface area contributed by atoms with Crippen molar-refractivity contribution in [3.8, 4) is 0 Å². The normalized spacial score (nSPS) is 13.1. The summed E-state index contributed by atoms with van der Waals surface area (Å²) >= 11 is 1.75. The minimum Gasteiger partial charge on any atom is -0.234 e. The van der Waals surface area contributed by atoms with E-state index < -0.39 is 0 Å². The lowest BCUT2D eigenvalue weighted by atomic mass is 10.2. The maximum atomic E-state index is 4.36. The molecule has 2 aromatic rings. The van der Waals surface area contributed by atoms with E-state index in [4.69, 9.17) is 0 Å². The van der Waals surface area contributed by atoms with Crippen LogP contribution in [0.5, 0.6) is 0 Å². The molecule has 14 heavy (non-hydrogen) atoms. The molecular weight excluding hydrogens is 192 g/mol. The van der Waals surface area contributed by atoms with Crippen molar-refractivity contribution in [2.75, 3.05) is 0 Å². The second-order valence-corrected chi connectivity index (χ2v) is 4.14. The van der Waals surface area contributed by atoms with Gasteiger partial charge in [-0.25, -0.2) is 4.68 Å². The minimum atomic E-state index is 1.16. The Balaban J connectivity index is 2.19. The van der Waals surface area contributed by atoms with Gasteiger partial charge in [0.15, 0.2) is 0 Å². The Kier molecular flexibility index (Phi) is 1.70. The highest BCUT2D eigenvalue weighted by atomic mass is 32.2. The van der Waals surface area contributed by atoms with E-state index >= 15 is 0 Å². The Morgan fingerprint density at radius 1 is 1.07 bits per heavy atom. The van der Waals surface area contributed by atoms with Crippen molar-refractivity contribution in [1.82, 2.24) is 4.68 Å². The van der Waals surface area contributed by atoms with E-state index in [9.17, 15) is 0 Å². The summed E-state index contributed by atoms with van der Waals surface area (Å²) in [5.41, 5.74) is 1.18. The third-order valence-electron chi connectivity index (χ3n) is 2.15. The topological polar surface area (TPSA) is 17.3 Å². The highest BCUT2D eigenvalue weighted by molar-refractivity contribution is 7.99. The van der Waals surface area contributed by atoms with Crippen molar-refractivity contribution in [2.45, 2.75) is 9.92 Å². The number of benzene rings is 1. The smallest absolute Gasteiger partial charge is 0.102 e. The van der Waals surface area contributed by atoms with Crippen LogP contribution < -0.4 is 0 Å². The lowest BCUT2D eigenvalue weighted by molar-refractivity contribution is 0.806. The van der Waals surface area contributed by atoms with Crippen molar-refractivity contribution >= 4 is 18.0 Å². The van der Waals surface area contributed by atoms with Gasteiger partial charge in [0, 0.05) is 16.7 Å². The minimum absolute atomic E-state index is 1.16. The van der Waals surface area contributed by atoms with Crippen molar-refractivity contribution in [2.24, 2.45) is 5.10 Å². The molecule has 0 saturated carbocycles. The molecule has 0 radical (unpaired) electrons. The third kappa shape index (κ3) is 1.17. The van der Waals surface area contributed by atoms with E-state index in [2.05, 4.69) is 29.4 Å². The third-order valence-corrected chi connectivity index (χ3v) is 3.27. The first-order valence-electron chi connectivity index (χ1n) is 4.42. The zero-order chi connectivity index (χ0) is 9.38. The molecule has 1 aliphatic heterocycles. The van der Waals surface area contributed by atoms with E-state index in [1.54, 1.807) is 11.8 Å². The Labute approximate surface area is 86.3 Å². The molecule has 68 valence electrons. The van der Waals surface area contributed by atoms with Crippen LogP contribution in [0.4, 0.5) is 0 Å². The number of hydrogen-bond donors (Lipinski definition) is 0. The van der Waals surface area contributed by atoms with Crippen molar-refractivity contribution in [3.05, 3.63) is 48.2 Å². The average Bonchev–Trinajstić information content (AvgIpc) is 2.58. The van der Waals surface area contributed by atoms with Crippen LogP contribution in [-0.4, -0.2) is 10.9 Å². The van der Waals surface area contributed by atoms with Gasteiger partial charge in [0.2, 0.25) is 0 Å². The van der Waals surface area contributed by atoms with Crippen LogP contribution in [0.15, 0.2) is 57.6 Å². The molecule has 0 N–H and O–H groups in total. The number of nitrogens with zero attached hydrogens (tertiary/aromatic N) is 2. The summed E-state index contributed by atoms with van der Waals surface area (Å²) < 4.78 is 1.89.